The highest BCUT2D eigenvalue weighted by molar-refractivity contribution is 5.95. The SMILES string of the molecule is CCCC1CN(c2ccc(C(F)(F)F)cc2C(=O)O)C1. The lowest BCUT2D eigenvalue weighted by Crippen LogP contribution is -2.47. The summed E-state index contributed by atoms with van der Waals surface area (Å²) in [5, 5.41) is 9.10. The first kappa shape index (κ1) is 14.7. The first-order chi connectivity index (χ1) is 9.32. The van der Waals surface area contributed by atoms with E-state index in [9.17, 15) is 18.0 Å². The Morgan fingerprint density at radius 2 is 2.05 bits per heavy atom. The maximum Gasteiger partial charge on any atom is 0.416 e. The predicted molar refractivity (Wildman–Crippen MR) is 69.0 cm³/mol. The molecule has 1 heterocycles. The van der Waals surface area contributed by atoms with E-state index in [1.165, 1.54) is 6.07 Å². The summed E-state index contributed by atoms with van der Waals surface area (Å²) < 4.78 is 37.8. The van der Waals surface area contributed by atoms with Crippen LogP contribution in [0.3, 0.4) is 0 Å². The Morgan fingerprint density at radius 3 is 2.55 bits per heavy atom. The van der Waals surface area contributed by atoms with Crippen LogP contribution in [0.2, 0.25) is 0 Å². The van der Waals surface area contributed by atoms with Crippen molar-refractivity contribution < 1.29 is 23.1 Å². The quantitative estimate of drug-likeness (QED) is 0.919. The number of nitrogens with zero attached hydrogens (tertiary/aromatic N) is 1. The number of rotatable bonds is 4. The van der Waals surface area contributed by atoms with Crippen LogP contribution in [-0.4, -0.2) is 24.2 Å². The van der Waals surface area contributed by atoms with Crippen LogP contribution in [0.1, 0.15) is 35.7 Å². The Morgan fingerprint density at radius 1 is 1.40 bits per heavy atom. The largest absolute Gasteiger partial charge is 0.478 e. The van der Waals surface area contributed by atoms with Crippen molar-refractivity contribution in [1.29, 1.82) is 0 Å². The number of carboxylic acid groups (broad SMARTS) is 1. The number of carboxylic acids is 1. The van der Waals surface area contributed by atoms with E-state index in [2.05, 4.69) is 6.92 Å². The van der Waals surface area contributed by atoms with Gasteiger partial charge >= 0.3 is 12.1 Å². The third-order valence-corrected chi connectivity index (χ3v) is 3.55. The van der Waals surface area contributed by atoms with Gasteiger partial charge in [0, 0.05) is 13.1 Å². The van der Waals surface area contributed by atoms with E-state index in [1.54, 1.807) is 0 Å². The molecule has 2 rings (SSSR count). The molecule has 1 fully saturated rings. The summed E-state index contributed by atoms with van der Waals surface area (Å²) in [4.78, 5) is 13.0. The minimum atomic E-state index is -4.53. The lowest BCUT2D eigenvalue weighted by atomic mass is 9.93. The topological polar surface area (TPSA) is 40.5 Å². The summed E-state index contributed by atoms with van der Waals surface area (Å²) in [7, 11) is 0. The molecule has 110 valence electrons. The molecule has 0 saturated carbocycles. The standard InChI is InChI=1S/C14H16F3NO2/c1-2-3-9-7-18(8-9)12-5-4-10(14(15,16)17)6-11(12)13(19)20/h4-6,9H,2-3,7-8H2,1H3,(H,19,20). The van der Waals surface area contributed by atoms with Crippen molar-refractivity contribution in [1.82, 2.24) is 0 Å². The normalized spacial score (nSPS) is 16.1. The van der Waals surface area contributed by atoms with Crippen molar-refractivity contribution in [3.63, 3.8) is 0 Å². The fourth-order valence-corrected chi connectivity index (χ4v) is 2.52. The average molecular weight is 287 g/mol. The van der Waals surface area contributed by atoms with Gasteiger partial charge in [0.15, 0.2) is 0 Å². The molecule has 3 nitrogen and oxygen atoms in total. The van der Waals surface area contributed by atoms with Crippen LogP contribution in [0, 0.1) is 5.92 Å². The van der Waals surface area contributed by atoms with Gasteiger partial charge in [0.2, 0.25) is 0 Å². The fourth-order valence-electron chi connectivity index (χ4n) is 2.52. The lowest BCUT2D eigenvalue weighted by molar-refractivity contribution is -0.137. The Balaban J connectivity index is 2.24. The van der Waals surface area contributed by atoms with Crippen LogP contribution in [0.5, 0.6) is 0 Å². The molecule has 0 spiro atoms. The molecule has 0 amide bonds. The van der Waals surface area contributed by atoms with E-state index < -0.39 is 17.7 Å². The van der Waals surface area contributed by atoms with E-state index in [1.807, 2.05) is 4.90 Å². The van der Waals surface area contributed by atoms with Gasteiger partial charge in [0.1, 0.15) is 0 Å². The molecule has 1 aliphatic rings. The fraction of sp³-hybridized carbons (Fsp3) is 0.500. The number of hydrogen-bond acceptors (Lipinski definition) is 2. The molecular formula is C14H16F3NO2. The Kier molecular flexibility index (Phi) is 3.92. The van der Waals surface area contributed by atoms with E-state index in [0.29, 0.717) is 30.8 Å². The van der Waals surface area contributed by atoms with E-state index in [4.69, 9.17) is 5.11 Å². The maximum absolute atomic E-state index is 12.6. The third-order valence-electron chi connectivity index (χ3n) is 3.55. The second-order valence-electron chi connectivity index (χ2n) is 5.09. The number of alkyl halides is 3. The number of carbonyl (C=O) groups is 1. The van der Waals surface area contributed by atoms with Crippen LogP contribution in [0.15, 0.2) is 18.2 Å². The van der Waals surface area contributed by atoms with Gasteiger partial charge in [-0.25, -0.2) is 4.79 Å². The molecule has 1 aromatic rings. The number of aromatic carboxylic acids is 1. The highest BCUT2D eigenvalue weighted by Crippen LogP contribution is 2.35. The lowest BCUT2D eigenvalue weighted by Gasteiger charge is -2.41. The van der Waals surface area contributed by atoms with Gasteiger partial charge in [0.05, 0.1) is 16.8 Å². The molecule has 1 N–H and O–H groups in total. The third kappa shape index (κ3) is 2.89. The molecule has 0 unspecified atom stereocenters. The minimum Gasteiger partial charge on any atom is -0.478 e. The van der Waals surface area contributed by atoms with Crippen LogP contribution in [0.4, 0.5) is 18.9 Å². The minimum absolute atomic E-state index is 0.283. The van der Waals surface area contributed by atoms with Gasteiger partial charge in [-0.3, -0.25) is 0 Å². The molecule has 6 heteroatoms. The first-order valence-electron chi connectivity index (χ1n) is 6.52. The van der Waals surface area contributed by atoms with Gasteiger partial charge in [-0.15, -0.1) is 0 Å². The molecule has 20 heavy (non-hydrogen) atoms. The summed E-state index contributed by atoms with van der Waals surface area (Å²) in [6.07, 6.45) is -2.42. The summed E-state index contributed by atoms with van der Waals surface area (Å²) in [5.41, 5.74) is -0.836. The predicted octanol–water partition coefficient (Wildman–Crippen LogP) is 3.64. The number of benzene rings is 1. The van der Waals surface area contributed by atoms with Gasteiger partial charge in [-0.1, -0.05) is 13.3 Å². The van der Waals surface area contributed by atoms with Crippen molar-refractivity contribution in [3.8, 4) is 0 Å². The van der Waals surface area contributed by atoms with Gasteiger partial charge in [-0.05, 0) is 30.5 Å². The zero-order valence-electron chi connectivity index (χ0n) is 11.1. The molecule has 0 aliphatic carbocycles. The second kappa shape index (κ2) is 5.34. The smallest absolute Gasteiger partial charge is 0.416 e. The summed E-state index contributed by atoms with van der Waals surface area (Å²) >= 11 is 0. The van der Waals surface area contributed by atoms with Crippen LogP contribution in [-0.2, 0) is 6.18 Å². The Bertz CT molecular complexity index is 508. The molecule has 0 radical (unpaired) electrons. The van der Waals surface area contributed by atoms with Crippen molar-refractivity contribution in [2.45, 2.75) is 25.9 Å². The van der Waals surface area contributed by atoms with Crippen molar-refractivity contribution in [3.05, 3.63) is 29.3 Å². The zero-order chi connectivity index (χ0) is 14.9. The average Bonchev–Trinajstić information content (AvgIpc) is 2.31. The van der Waals surface area contributed by atoms with Crippen LogP contribution < -0.4 is 4.90 Å². The van der Waals surface area contributed by atoms with E-state index in [-0.39, 0.29) is 5.56 Å². The summed E-state index contributed by atoms with van der Waals surface area (Å²) in [6.45, 7) is 3.49. The van der Waals surface area contributed by atoms with Crippen molar-refractivity contribution >= 4 is 11.7 Å². The van der Waals surface area contributed by atoms with Gasteiger partial charge < -0.3 is 10.0 Å². The van der Waals surface area contributed by atoms with Crippen LogP contribution in [0.25, 0.3) is 0 Å². The summed E-state index contributed by atoms with van der Waals surface area (Å²) in [6, 6.07) is 2.91. The molecular weight excluding hydrogens is 271 g/mol. The Labute approximate surface area is 115 Å². The van der Waals surface area contributed by atoms with Gasteiger partial charge in [-0.2, -0.15) is 13.2 Å². The van der Waals surface area contributed by atoms with Crippen molar-refractivity contribution in [2.24, 2.45) is 5.92 Å². The molecule has 1 aromatic carbocycles. The second-order valence-corrected chi connectivity index (χ2v) is 5.09. The first-order valence-corrected chi connectivity index (χ1v) is 6.52. The highest BCUT2D eigenvalue weighted by atomic mass is 19.4. The summed E-state index contributed by atoms with van der Waals surface area (Å²) in [5.74, 6) is -0.825. The van der Waals surface area contributed by atoms with Gasteiger partial charge in [0.25, 0.3) is 0 Å². The van der Waals surface area contributed by atoms with Crippen molar-refractivity contribution in [2.75, 3.05) is 18.0 Å². The highest BCUT2D eigenvalue weighted by Gasteiger charge is 2.34. The molecule has 0 aromatic heterocycles. The number of anilines is 1. The molecule has 1 saturated heterocycles. The Hall–Kier alpha value is -1.72. The monoisotopic (exact) mass is 287 g/mol. The van der Waals surface area contributed by atoms with E-state index in [0.717, 1.165) is 18.9 Å². The molecule has 0 bridgehead atoms. The number of halogens is 3. The van der Waals surface area contributed by atoms with E-state index >= 15 is 0 Å². The van der Waals surface area contributed by atoms with Crippen LogP contribution >= 0.6 is 0 Å². The molecule has 0 atom stereocenters. The maximum atomic E-state index is 12.6. The molecule has 1 aliphatic heterocycles. The number of hydrogen-bond donors (Lipinski definition) is 1. The zero-order valence-corrected chi connectivity index (χ0v) is 11.1.